The molecule has 0 saturated heterocycles. The Balaban J connectivity index is 0.00000158. The third kappa shape index (κ3) is 9.86. The molecule has 184 valence electrons. The zero-order chi connectivity index (χ0) is 25.4. The molecule has 2 heterocycles. The molecule has 0 amide bonds. The topological polar surface area (TPSA) is 127 Å². The molecule has 1 unspecified atom stereocenters. The zero-order valence-electron chi connectivity index (χ0n) is 20.9. The van der Waals surface area contributed by atoms with Crippen molar-refractivity contribution in [1.29, 1.82) is 0 Å². The normalized spacial score (nSPS) is 10.5. The van der Waals surface area contributed by atoms with Gasteiger partial charge in [-0.1, -0.05) is 53.7 Å². The molecule has 33 heavy (non-hydrogen) atoms. The fourth-order valence-corrected chi connectivity index (χ4v) is 2.73. The molecule has 6 N–H and O–H groups in total. The SMILES string of the molecule is CC.CC.CC.Cc1cc2cn(-c3ccc(CNCC(F)CN=C(N)N)cc3)c(=O)nc2[nH]1. The highest BCUT2D eigenvalue weighted by Crippen LogP contribution is 2.13. The van der Waals surface area contributed by atoms with Gasteiger partial charge in [0, 0.05) is 30.4 Å². The summed E-state index contributed by atoms with van der Waals surface area (Å²) in [5.74, 6) is -0.119. The predicted molar refractivity (Wildman–Crippen MR) is 138 cm³/mol. The minimum atomic E-state index is -1.16. The Hall–Kier alpha value is -3.20. The van der Waals surface area contributed by atoms with E-state index in [-0.39, 0.29) is 24.7 Å². The monoisotopic (exact) mass is 461 g/mol. The van der Waals surface area contributed by atoms with Gasteiger partial charge in [-0.15, -0.1) is 0 Å². The van der Waals surface area contributed by atoms with Crippen molar-refractivity contribution < 1.29 is 4.39 Å². The van der Waals surface area contributed by atoms with E-state index in [1.54, 1.807) is 6.20 Å². The number of nitrogens with one attached hydrogen (secondary N) is 2. The van der Waals surface area contributed by atoms with Crippen LogP contribution in [-0.4, -0.2) is 39.8 Å². The summed E-state index contributed by atoms with van der Waals surface area (Å²) in [4.78, 5) is 23.0. The van der Waals surface area contributed by atoms with E-state index < -0.39 is 6.17 Å². The Kier molecular flexibility index (Phi) is 14.8. The molecule has 1 atom stereocenters. The number of aromatic nitrogens is 3. The van der Waals surface area contributed by atoms with E-state index in [4.69, 9.17) is 11.5 Å². The number of aliphatic imine (C=N–C) groups is 1. The molecule has 3 aromatic rings. The van der Waals surface area contributed by atoms with Crippen LogP contribution in [0.2, 0.25) is 0 Å². The molecule has 0 aliphatic rings. The molecule has 9 heteroatoms. The van der Waals surface area contributed by atoms with E-state index in [2.05, 4.69) is 20.3 Å². The van der Waals surface area contributed by atoms with Crippen LogP contribution in [0.1, 0.15) is 52.8 Å². The average Bonchev–Trinajstić information content (AvgIpc) is 3.20. The van der Waals surface area contributed by atoms with Gasteiger partial charge in [-0.25, -0.2) is 9.18 Å². The van der Waals surface area contributed by atoms with Crippen molar-refractivity contribution in [1.82, 2.24) is 19.9 Å². The van der Waals surface area contributed by atoms with Gasteiger partial charge in [0.2, 0.25) is 0 Å². The number of hydrogen-bond donors (Lipinski definition) is 4. The summed E-state index contributed by atoms with van der Waals surface area (Å²) >= 11 is 0. The van der Waals surface area contributed by atoms with Gasteiger partial charge in [0.15, 0.2) is 5.96 Å². The number of H-pyrrole nitrogens is 1. The zero-order valence-corrected chi connectivity index (χ0v) is 20.9. The van der Waals surface area contributed by atoms with Crippen molar-refractivity contribution in [2.24, 2.45) is 16.5 Å². The molecule has 0 aliphatic heterocycles. The van der Waals surface area contributed by atoms with Crippen LogP contribution in [-0.2, 0) is 6.54 Å². The first-order chi connectivity index (χ1) is 15.9. The fourth-order valence-electron chi connectivity index (χ4n) is 2.73. The summed E-state index contributed by atoms with van der Waals surface area (Å²) in [6, 6.07) is 9.36. The van der Waals surface area contributed by atoms with Crippen LogP contribution in [0, 0.1) is 6.92 Å². The number of aryl methyl sites for hydroxylation is 1. The second kappa shape index (κ2) is 16.4. The van der Waals surface area contributed by atoms with Crippen LogP contribution in [0.15, 0.2) is 46.3 Å². The minimum absolute atomic E-state index is 0.0642. The van der Waals surface area contributed by atoms with Crippen molar-refractivity contribution >= 4 is 17.0 Å². The highest BCUT2D eigenvalue weighted by Gasteiger charge is 2.07. The Morgan fingerprint density at radius 3 is 2.33 bits per heavy atom. The number of benzene rings is 1. The standard InChI is InChI=1S/C18H22FN7O.3C2H6/c1-11-6-13-10-26(18(27)25-16(13)24-11)15-4-2-12(3-5-15)7-22-8-14(19)9-23-17(20)21;3*1-2/h2-6,10,14,22H,7-9H2,1H3,(H4,20,21,23)(H,24,25,27);3*1-2H3. The Morgan fingerprint density at radius 1 is 1.15 bits per heavy atom. The first-order valence-electron chi connectivity index (χ1n) is 11.5. The summed E-state index contributed by atoms with van der Waals surface area (Å²) in [6.45, 7) is 14.5. The van der Waals surface area contributed by atoms with Crippen LogP contribution >= 0.6 is 0 Å². The maximum atomic E-state index is 13.6. The van der Waals surface area contributed by atoms with Crippen LogP contribution in [0.25, 0.3) is 16.7 Å². The quantitative estimate of drug-likeness (QED) is 0.314. The van der Waals surface area contributed by atoms with Crippen molar-refractivity contribution in [3.05, 3.63) is 58.3 Å². The van der Waals surface area contributed by atoms with Gasteiger partial charge in [-0.2, -0.15) is 4.98 Å². The Morgan fingerprint density at radius 2 is 1.76 bits per heavy atom. The maximum absolute atomic E-state index is 13.6. The van der Waals surface area contributed by atoms with Gasteiger partial charge < -0.3 is 21.8 Å². The summed E-state index contributed by atoms with van der Waals surface area (Å²) in [5.41, 5.74) is 13.2. The molecule has 8 nitrogen and oxygen atoms in total. The van der Waals surface area contributed by atoms with Crippen LogP contribution in [0.5, 0.6) is 0 Å². The molecule has 1 aromatic carbocycles. The summed E-state index contributed by atoms with van der Waals surface area (Å²) in [5, 5.41) is 3.88. The van der Waals surface area contributed by atoms with Crippen molar-refractivity contribution in [2.45, 2.75) is 61.2 Å². The highest BCUT2D eigenvalue weighted by molar-refractivity contribution is 5.76. The Labute approximate surface area is 196 Å². The van der Waals surface area contributed by atoms with E-state index in [9.17, 15) is 9.18 Å². The highest BCUT2D eigenvalue weighted by atomic mass is 19.1. The fraction of sp³-hybridized carbons (Fsp3) is 0.458. The van der Waals surface area contributed by atoms with E-state index >= 15 is 0 Å². The molecular weight excluding hydrogens is 421 g/mol. The largest absolute Gasteiger partial charge is 0.370 e. The van der Waals surface area contributed by atoms with Gasteiger partial charge in [-0.05, 0) is 30.7 Å². The Bertz CT molecular complexity index is 1010. The number of hydrogen-bond acceptors (Lipinski definition) is 4. The van der Waals surface area contributed by atoms with Gasteiger partial charge in [0.1, 0.15) is 11.8 Å². The average molecular weight is 462 g/mol. The molecule has 0 bridgehead atoms. The summed E-state index contributed by atoms with van der Waals surface area (Å²) in [6.07, 6.45) is 0.603. The molecule has 0 saturated carbocycles. The number of rotatable bonds is 7. The van der Waals surface area contributed by atoms with E-state index in [1.807, 2.05) is 78.8 Å². The van der Waals surface area contributed by atoms with Crippen LogP contribution in [0.3, 0.4) is 0 Å². The van der Waals surface area contributed by atoms with Gasteiger partial charge >= 0.3 is 5.69 Å². The molecule has 0 fully saturated rings. The lowest BCUT2D eigenvalue weighted by Crippen LogP contribution is -2.28. The van der Waals surface area contributed by atoms with Crippen molar-refractivity contribution in [2.75, 3.05) is 13.1 Å². The first kappa shape index (κ1) is 29.8. The number of guanidine groups is 1. The smallest absolute Gasteiger partial charge is 0.354 e. The maximum Gasteiger partial charge on any atom is 0.354 e. The number of halogens is 1. The lowest BCUT2D eigenvalue weighted by Gasteiger charge is -2.09. The molecule has 0 aliphatic carbocycles. The van der Waals surface area contributed by atoms with Crippen LogP contribution in [0.4, 0.5) is 4.39 Å². The number of aromatic amines is 1. The van der Waals surface area contributed by atoms with E-state index in [1.165, 1.54) is 4.57 Å². The van der Waals surface area contributed by atoms with Gasteiger partial charge in [0.25, 0.3) is 0 Å². The van der Waals surface area contributed by atoms with Gasteiger partial charge in [0.05, 0.1) is 12.2 Å². The molecule has 3 rings (SSSR count). The second-order valence-corrected chi connectivity index (χ2v) is 6.31. The second-order valence-electron chi connectivity index (χ2n) is 6.31. The van der Waals surface area contributed by atoms with E-state index in [0.29, 0.717) is 17.9 Å². The summed E-state index contributed by atoms with van der Waals surface area (Å²) < 4.78 is 15.1. The summed E-state index contributed by atoms with van der Waals surface area (Å²) in [7, 11) is 0. The molecular formula is C24H40FN7O. The number of nitrogens with two attached hydrogens (primary N) is 2. The number of alkyl halides is 1. The van der Waals surface area contributed by atoms with Crippen molar-refractivity contribution in [3.63, 3.8) is 0 Å². The third-order valence-corrected chi connectivity index (χ3v) is 4.02. The van der Waals surface area contributed by atoms with Gasteiger partial charge in [-0.3, -0.25) is 9.56 Å². The molecule has 2 aromatic heterocycles. The van der Waals surface area contributed by atoms with Crippen LogP contribution < -0.4 is 22.5 Å². The molecule has 0 radical (unpaired) electrons. The third-order valence-electron chi connectivity index (χ3n) is 4.02. The predicted octanol–water partition coefficient (Wildman–Crippen LogP) is 3.80. The number of nitrogens with zero attached hydrogens (tertiary/aromatic N) is 3. The first-order valence-corrected chi connectivity index (χ1v) is 11.5. The number of fused-ring (bicyclic) bond motifs is 1. The minimum Gasteiger partial charge on any atom is -0.370 e. The van der Waals surface area contributed by atoms with Crippen molar-refractivity contribution in [3.8, 4) is 5.69 Å². The lowest BCUT2D eigenvalue weighted by molar-refractivity contribution is 0.327. The lowest BCUT2D eigenvalue weighted by atomic mass is 10.2. The van der Waals surface area contributed by atoms with E-state index in [0.717, 1.165) is 16.6 Å². The molecule has 0 spiro atoms.